The number of sulfonamides is 1. The van der Waals surface area contributed by atoms with Gasteiger partial charge in [0.2, 0.25) is 10.0 Å². The Hall–Kier alpha value is -1.73. The van der Waals surface area contributed by atoms with Crippen molar-refractivity contribution in [2.24, 2.45) is 0 Å². The van der Waals surface area contributed by atoms with Gasteiger partial charge in [-0.15, -0.1) is 11.3 Å². The van der Waals surface area contributed by atoms with Crippen LogP contribution < -0.4 is 4.72 Å². The summed E-state index contributed by atoms with van der Waals surface area (Å²) in [6, 6.07) is 15.1. The number of thiophene rings is 1. The highest BCUT2D eigenvalue weighted by atomic mass is 32.2. The second-order valence-electron chi connectivity index (χ2n) is 6.52. The fourth-order valence-electron chi connectivity index (χ4n) is 2.64. The van der Waals surface area contributed by atoms with Gasteiger partial charge in [-0.25, -0.2) is 13.1 Å². The molecule has 1 unspecified atom stereocenters. The number of hydrogen-bond donors (Lipinski definition) is 2. The topological polar surface area (TPSA) is 66.4 Å². The molecule has 1 atom stereocenters. The van der Waals surface area contributed by atoms with Crippen molar-refractivity contribution in [1.82, 2.24) is 4.72 Å². The van der Waals surface area contributed by atoms with E-state index < -0.39 is 15.6 Å². The largest absolute Gasteiger partial charge is 0.383 e. The molecular weight excluding hydrogens is 354 g/mol. The molecule has 3 rings (SSSR count). The maximum Gasteiger partial charge on any atom is 0.240 e. The third-order valence-electron chi connectivity index (χ3n) is 4.20. The second kappa shape index (κ2) is 6.53. The summed E-state index contributed by atoms with van der Waals surface area (Å²) in [5.74, 6) is 0. The molecule has 2 aromatic carbocycles. The molecule has 0 amide bonds. The molecule has 0 fully saturated rings. The lowest BCUT2D eigenvalue weighted by Gasteiger charge is -2.22. The van der Waals surface area contributed by atoms with Crippen LogP contribution in [-0.4, -0.2) is 20.1 Å². The zero-order valence-electron chi connectivity index (χ0n) is 14.4. The Bertz CT molecular complexity index is 987. The molecule has 25 heavy (non-hydrogen) atoms. The third-order valence-corrected chi connectivity index (χ3v) is 7.11. The first-order valence-corrected chi connectivity index (χ1v) is 10.3. The molecule has 1 aromatic heterocycles. The van der Waals surface area contributed by atoms with Gasteiger partial charge in [-0.3, -0.25) is 0 Å². The summed E-state index contributed by atoms with van der Waals surface area (Å²) in [7, 11) is -3.69. The van der Waals surface area contributed by atoms with Crippen LogP contribution in [0.4, 0.5) is 0 Å². The lowest BCUT2D eigenvalue weighted by Crippen LogP contribution is -2.38. The molecule has 0 radical (unpaired) electrons. The highest BCUT2D eigenvalue weighted by Gasteiger charge is 2.28. The first-order chi connectivity index (χ1) is 11.7. The first-order valence-electron chi connectivity index (χ1n) is 7.97. The van der Waals surface area contributed by atoms with Gasteiger partial charge >= 0.3 is 0 Å². The van der Waals surface area contributed by atoms with Crippen LogP contribution in [0.15, 0.2) is 53.4 Å². The lowest BCUT2D eigenvalue weighted by molar-refractivity contribution is 0.0666. The Balaban J connectivity index is 1.84. The average Bonchev–Trinajstić information content (AvgIpc) is 3.00. The Morgan fingerprint density at radius 3 is 2.56 bits per heavy atom. The number of fused-ring (bicyclic) bond motifs is 1. The molecule has 0 aliphatic heterocycles. The summed E-state index contributed by atoms with van der Waals surface area (Å²) in [4.78, 5) is 0.983. The third kappa shape index (κ3) is 3.77. The van der Waals surface area contributed by atoms with E-state index in [2.05, 4.69) is 4.72 Å². The van der Waals surface area contributed by atoms with Gasteiger partial charge < -0.3 is 5.11 Å². The number of hydrogen-bond acceptors (Lipinski definition) is 4. The molecule has 2 N–H and O–H groups in total. The highest BCUT2D eigenvalue weighted by Crippen LogP contribution is 2.33. The summed E-state index contributed by atoms with van der Waals surface area (Å²) in [5.41, 5.74) is 0.274. The van der Waals surface area contributed by atoms with Crippen molar-refractivity contribution < 1.29 is 13.5 Å². The Kier molecular flexibility index (Phi) is 4.72. The molecule has 132 valence electrons. The van der Waals surface area contributed by atoms with Crippen molar-refractivity contribution in [2.45, 2.75) is 31.3 Å². The van der Waals surface area contributed by atoms with Gasteiger partial charge in [-0.05, 0) is 55.5 Å². The summed E-state index contributed by atoms with van der Waals surface area (Å²) >= 11 is 1.47. The van der Waals surface area contributed by atoms with Crippen LogP contribution in [0, 0.1) is 13.8 Å². The number of rotatable bonds is 5. The molecule has 0 saturated carbocycles. The standard InChI is InChI=1S/C19H21NO3S2/c1-13-8-9-14(2)17(10-13)25(22,23)20-12-19(3,21)18-11-15-6-4-5-7-16(15)24-18/h4-11,20-21H,12H2,1-3H3. The van der Waals surface area contributed by atoms with E-state index in [1.54, 1.807) is 26.0 Å². The maximum atomic E-state index is 12.6. The van der Waals surface area contributed by atoms with Crippen LogP contribution in [0.1, 0.15) is 22.9 Å². The van der Waals surface area contributed by atoms with Crippen LogP contribution in [0.3, 0.4) is 0 Å². The maximum absolute atomic E-state index is 12.6. The van der Waals surface area contributed by atoms with E-state index in [4.69, 9.17) is 0 Å². The number of nitrogens with one attached hydrogen (secondary N) is 1. The smallest absolute Gasteiger partial charge is 0.240 e. The van der Waals surface area contributed by atoms with E-state index in [0.717, 1.165) is 20.5 Å². The minimum absolute atomic E-state index is 0.0878. The molecule has 0 saturated heterocycles. The fourth-order valence-corrected chi connectivity index (χ4v) is 5.21. The Labute approximate surface area is 152 Å². The Morgan fingerprint density at radius 1 is 1.12 bits per heavy atom. The van der Waals surface area contributed by atoms with Gasteiger partial charge in [-0.2, -0.15) is 0 Å². The van der Waals surface area contributed by atoms with Crippen molar-refractivity contribution in [3.05, 3.63) is 64.5 Å². The molecule has 3 aromatic rings. The Morgan fingerprint density at radius 2 is 1.84 bits per heavy atom. The minimum atomic E-state index is -3.69. The van der Waals surface area contributed by atoms with Crippen molar-refractivity contribution in [1.29, 1.82) is 0 Å². The van der Waals surface area contributed by atoms with Crippen LogP contribution in [0.25, 0.3) is 10.1 Å². The second-order valence-corrected chi connectivity index (χ2v) is 9.33. The molecule has 1 heterocycles. The van der Waals surface area contributed by atoms with Crippen molar-refractivity contribution in [3.63, 3.8) is 0 Å². The van der Waals surface area contributed by atoms with Crippen LogP contribution in [-0.2, 0) is 15.6 Å². The number of benzene rings is 2. The van der Waals surface area contributed by atoms with Gasteiger partial charge in [0, 0.05) is 16.1 Å². The zero-order chi connectivity index (χ0) is 18.2. The average molecular weight is 376 g/mol. The summed E-state index contributed by atoms with van der Waals surface area (Å²) in [6.07, 6.45) is 0. The van der Waals surface area contributed by atoms with Gasteiger partial charge in [-0.1, -0.05) is 30.3 Å². The van der Waals surface area contributed by atoms with Gasteiger partial charge in [0.25, 0.3) is 0 Å². The van der Waals surface area contributed by atoms with Gasteiger partial charge in [0.15, 0.2) is 0 Å². The van der Waals surface area contributed by atoms with Gasteiger partial charge in [0.1, 0.15) is 5.60 Å². The summed E-state index contributed by atoms with van der Waals surface area (Å²) in [6.45, 7) is 5.16. The SMILES string of the molecule is Cc1ccc(C)c(S(=O)(=O)NCC(C)(O)c2cc3ccccc3s2)c1. The van der Waals surface area contributed by atoms with Crippen LogP contribution in [0.5, 0.6) is 0 Å². The predicted octanol–water partition coefficient (Wildman–Crippen LogP) is 3.70. The molecular formula is C19H21NO3S2. The molecule has 0 bridgehead atoms. The number of aliphatic hydroxyl groups is 1. The van der Waals surface area contributed by atoms with Crippen molar-refractivity contribution in [2.75, 3.05) is 6.54 Å². The van der Waals surface area contributed by atoms with Crippen molar-refractivity contribution in [3.8, 4) is 0 Å². The monoisotopic (exact) mass is 375 g/mol. The van der Waals surface area contributed by atoms with Crippen LogP contribution >= 0.6 is 11.3 Å². The molecule has 4 nitrogen and oxygen atoms in total. The van der Waals surface area contributed by atoms with E-state index in [0.29, 0.717) is 5.56 Å². The normalized spacial score (nSPS) is 14.6. The van der Waals surface area contributed by atoms with Crippen LogP contribution in [0.2, 0.25) is 0 Å². The molecule has 0 spiro atoms. The van der Waals surface area contributed by atoms with E-state index >= 15 is 0 Å². The summed E-state index contributed by atoms with van der Waals surface area (Å²) < 4.78 is 28.9. The first kappa shape index (κ1) is 18.1. The quantitative estimate of drug-likeness (QED) is 0.714. The minimum Gasteiger partial charge on any atom is -0.383 e. The fraction of sp³-hybridized carbons (Fsp3) is 0.263. The molecule has 0 aliphatic rings. The van der Waals surface area contributed by atoms with E-state index in [-0.39, 0.29) is 11.4 Å². The highest BCUT2D eigenvalue weighted by molar-refractivity contribution is 7.89. The number of aryl methyl sites for hydroxylation is 2. The van der Waals surface area contributed by atoms with Crippen molar-refractivity contribution >= 4 is 31.4 Å². The van der Waals surface area contributed by atoms with E-state index in [9.17, 15) is 13.5 Å². The van der Waals surface area contributed by atoms with E-state index in [1.165, 1.54) is 11.3 Å². The van der Waals surface area contributed by atoms with Gasteiger partial charge in [0.05, 0.1) is 4.90 Å². The zero-order valence-corrected chi connectivity index (χ0v) is 16.0. The predicted molar refractivity (Wildman–Crippen MR) is 103 cm³/mol. The lowest BCUT2D eigenvalue weighted by atomic mass is 10.1. The molecule has 6 heteroatoms. The summed E-state index contributed by atoms with van der Waals surface area (Å²) in [5, 5.41) is 11.8. The molecule has 0 aliphatic carbocycles. The van der Waals surface area contributed by atoms with E-state index in [1.807, 2.05) is 43.3 Å².